The Hall–Kier alpha value is -1.46. The maximum Gasteiger partial charge on any atom is 0.254 e. The number of ether oxygens (including phenoxy) is 2. The van der Waals surface area contributed by atoms with Gasteiger partial charge in [0.1, 0.15) is 0 Å². The van der Waals surface area contributed by atoms with Crippen molar-refractivity contribution in [1.29, 1.82) is 0 Å². The number of hydrogen-bond donors (Lipinski definition) is 1. The molecule has 0 aliphatic carbocycles. The Morgan fingerprint density at radius 1 is 1.39 bits per heavy atom. The Bertz CT molecular complexity index is 471. The molecule has 1 amide bonds. The first kappa shape index (κ1) is 13.0. The fraction of sp³-hybridized carbons (Fsp3) is 0.417. The second-order valence-electron chi connectivity index (χ2n) is 4.06. The Morgan fingerprint density at radius 3 is 2.56 bits per heavy atom. The fourth-order valence-electron chi connectivity index (χ4n) is 1.85. The van der Waals surface area contributed by atoms with Gasteiger partial charge in [-0.15, -0.1) is 0 Å². The lowest BCUT2D eigenvalue weighted by Crippen LogP contribution is -2.53. The van der Waals surface area contributed by atoms with E-state index in [4.69, 9.17) is 21.1 Å². The highest BCUT2D eigenvalue weighted by molar-refractivity contribution is 6.32. The zero-order valence-corrected chi connectivity index (χ0v) is 10.9. The molecule has 1 aliphatic heterocycles. The minimum absolute atomic E-state index is 0.178. The Labute approximate surface area is 110 Å². The van der Waals surface area contributed by atoms with E-state index in [0.29, 0.717) is 35.2 Å². The van der Waals surface area contributed by atoms with Crippen molar-refractivity contribution in [3.63, 3.8) is 0 Å². The number of rotatable bonds is 3. The quantitative estimate of drug-likeness (QED) is 0.897. The summed E-state index contributed by atoms with van der Waals surface area (Å²) in [6, 6.07) is 3.12. The topological polar surface area (TPSA) is 59.0 Å². The van der Waals surface area contributed by atoms with Gasteiger partial charge in [0, 0.05) is 18.7 Å². The molecular weight excluding hydrogens is 258 g/mol. The number of halogens is 1. The first-order chi connectivity index (χ1) is 8.56. The lowest BCUT2D eigenvalue weighted by atomic mass is 10.1. The van der Waals surface area contributed by atoms with Gasteiger partial charge in [0.2, 0.25) is 0 Å². The lowest BCUT2D eigenvalue weighted by Gasteiger charge is -2.36. The number of methoxy groups -OCH3 is 2. The number of amides is 1. The van der Waals surface area contributed by atoms with Crippen LogP contribution in [-0.2, 0) is 0 Å². The molecule has 5 nitrogen and oxygen atoms in total. The normalized spacial score (nSPS) is 15.2. The van der Waals surface area contributed by atoms with Gasteiger partial charge in [-0.3, -0.25) is 4.79 Å². The molecule has 0 spiro atoms. The summed E-state index contributed by atoms with van der Waals surface area (Å²) in [7, 11) is 2.97. The van der Waals surface area contributed by atoms with Gasteiger partial charge < -0.3 is 19.5 Å². The average Bonchev–Trinajstić information content (AvgIpc) is 2.33. The van der Waals surface area contributed by atoms with Gasteiger partial charge in [-0.2, -0.15) is 0 Å². The average molecular weight is 272 g/mol. The Kier molecular flexibility index (Phi) is 3.63. The third kappa shape index (κ3) is 2.23. The summed E-state index contributed by atoms with van der Waals surface area (Å²) in [4.78, 5) is 13.6. The molecule has 1 fully saturated rings. The van der Waals surface area contributed by atoms with Crippen molar-refractivity contribution in [1.82, 2.24) is 4.90 Å². The summed E-state index contributed by atoms with van der Waals surface area (Å²) in [5.41, 5.74) is 0.421. The van der Waals surface area contributed by atoms with Gasteiger partial charge in [0.05, 0.1) is 25.3 Å². The number of carbonyl (C=O) groups excluding carboxylic acids is 1. The van der Waals surface area contributed by atoms with Crippen LogP contribution in [0.4, 0.5) is 0 Å². The zero-order valence-electron chi connectivity index (χ0n) is 10.1. The molecule has 1 N–H and O–H groups in total. The minimum Gasteiger partial charge on any atom is -0.493 e. The van der Waals surface area contributed by atoms with E-state index in [1.165, 1.54) is 20.3 Å². The number of hydrogen-bond acceptors (Lipinski definition) is 4. The molecule has 1 aromatic carbocycles. The molecule has 2 rings (SSSR count). The summed E-state index contributed by atoms with van der Waals surface area (Å²) in [5, 5.41) is 9.51. The van der Waals surface area contributed by atoms with Crippen LogP contribution >= 0.6 is 11.6 Å². The predicted octanol–water partition coefficient (Wildman–Crippen LogP) is 1.17. The van der Waals surface area contributed by atoms with Crippen LogP contribution in [0.15, 0.2) is 12.1 Å². The zero-order chi connectivity index (χ0) is 13.3. The molecule has 18 heavy (non-hydrogen) atoms. The minimum atomic E-state index is -0.426. The van der Waals surface area contributed by atoms with Crippen molar-refractivity contribution in [3.05, 3.63) is 22.7 Å². The Balaban J connectivity index is 2.29. The van der Waals surface area contributed by atoms with E-state index < -0.39 is 6.10 Å². The number of aliphatic hydroxyl groups excluding tert-OH is 1. The van der Waals surface area contributed by atoms with Crippen molar-refractivity contribution in [3.8, 4) is 11.5 Å². The maximum atomic E-state index is 12.1. The van der Waals surface area contributed by atoms with Gasteiger partial charge in [-0.25, -0.2) is 0 Å². The molecule has 0 radical (unpaired) electrons. The summed E-state index contributed by atoms with van der Waals surface area (Å²) in [5.74, 6) is 0.636. The van der Waals surface area contributed by atoms with Crippen molar-refractivity contribution < 1.29 is 19.4 Å². The van der Waals surface area contributed by atoms with Crippen molar-refractivity contribution in [2.24, 2.45) is 0 Å². The molecule has 1 aliphatic rings. The predicted molar refractivity (Wildman–Crippen MR) is 66.5 cm³/mol. The smallest absolute Gasteiger partial charge is 0.254 e. The van der Waals surface area contributed by atoms with Crippen LogP contribution in [0.3, 0.4) is 0 Å². The second kappa shape index (κ2) is 5.04. The van der Waals surface area contributed by atoms with Crippen molar-refractivity contribution in [2.75, 3.05) is 27.3 Å². The van der Waals surface area contributed by atoms with Crippen LogP contribution in [0, 0.1) is 0 Å². The molecule has 0 unspecified atom stereocenters. The SMILES string of the molecule is COc1cc(C(=O)N2CC(O)C2)cc(Cl)c1OC. The molecular formula is C12H14ClNO4. The van der Waals surface area contributed by atoms with E-state index in [2.05, 4.69) is 0 Å². The summed E-state index contributed by atoms with van der Waals surface area (Å²) in [6.07, 6.45) is -0.426. The highest BCUT2D eigenvalue weighted by Crippen LogP contribution is 2.36. The fourth-order valence-corrected chi connectivity index (χ4v) is 2.13. The molecule has 6 heteroatoms. The Morgan fingerprint density at radius 2 is 2.06 bits per heavy atom. The highest BCUT2D eigenvalue weighted by atomic mass is 35.5. The van der Waals surface area contributed by atoms with Gasteiger partial charge in [-0.05, 0) is 12.1 Å². The third-order valence-electron chi connectivity index (χ3n) is 2.83. The summed E-state index contributed by atoms with van der Waals surface area (Å²) < 4.78 is 10.2. The number of likely N-dealkylation sites (tertiary alicyclic amines) is 1. The van der Waals surface area contributed by atoms with Gasteiger partial charge in [-0.1, -0.05) is 11.6 Å². The maximum absolute atomic E-state index is 12.1. The highest BCUT2D eigenvalue weighted by Gasteiger charge is 2.30. The van der Waals surface area contributed by atoms with Crippen molar-refractivity contribution >= 4 is 17.5 Å². The van der Waals surface area contributed by atoms with Crippen LogP contribution < -0.4 is 9.47 Å². The van der Waals surface area contributed by atoms with Crippen LogP contribution in [0.25, 0.3) is 0 Å². The third-order valence-corrected chi connectivity index (χ3v) is 3.11. The van der Waals surface area contributed by atoms with E-state index in [9.17, 15) is 9.90 Å². The van der Waals surface area contributed by atoms with Crippen LogP contribution in [-0.4, -0.2) is 49.3 Å². The van der Waals surface area contributed by atoms with Crippen LogP contribution in [0.5, 0.6) is 11.5 Å². The number of aliphatic hydroxyl groups is 1. The molecule has 1 saturated heterocycles. The van der Waals surface area contributed by atoms with Gasteiger partial charge in [0.15, 0.2) is 11.5 Å². The molecule has 98 valence electrons. The first-order valence-electron chi connectivity index (χ1n) is 5.45. The van der Waals surface area contributed by atoms with E-state index in [1.807, 2.05) is 0 Å². The van der Waals surface area contributed by atoms with Crippen LogP contribution in [0.1, 0.15) is 10.4 Å². The van der Waals surface area contributed by atoms with Gasteiger partial charge >= 0.3 is 0 Å². The molecule has 1 aromatic rings. The number of β-amino-alcohol motifs (C(OH)–C–C–N with tert-alkyl or cyclic N) is 1. The molecule has 0 aromatic heterocycles. The van der Waals surface area contributed by atoms with E-state index in [-0.39, 0.29) is 5.91 Å². The summed E-state index contributed by atoms with van der Waals surface area (Å²) in [6.45, 7) is 0.704. The molecule has 1 heterocycles. The second-order valence-corrected chi connectivity index (χ2v) is 4.46. The largest absolute Gasteiger partial charge is 0.493 e. The molecule has 0 bridgehead atoms. The lowest BCUT2D eigenvalue weighted by molar-refractivity contribution is 0.00587. The molecule has 0 atom stereocenters. The van der Waals surface area contributed by atoms with E-state index in [0.717, 1.165) is 0 Å². The van der Waals surface area contributed by atoms with Gasteiger partial charge in [0.25, 0.3) is 5.91 Å². The summed E-state index contributed by atoms with van der Waals surface area (Å²) >= 11 is 6.03. The van der Waals surface area contributed by atoms with E-state index >= 15 is 0 Å². The monoisotopic (exact) mass is 271 g/mol. The van der Waals surface area contributed by atoms with Crippen LogP contribution in [0.2, 0.25) is 5.02 Å². The molecule has 0 saturated carbocycles. The number of nitrogens with zero attached hydrogens (tertiary/aromatic N) is 1. The standard InChI is InChI=1S/C12H14ClNO4/c1-17-10-4-7(3-9(13)11(10)18-2)12(16)14-5-8(15)6-14/h3-4,8,15H,5-6H2,1-2H3. The number of benzene rings is 1. The number of carbonyl (C=O) groups is 1. The first-order valence-corrected chi connectivity index (χ1v) is 5.83. The van der Waals surface area contributed by atoms with E-state index in [1.54, 1.807) is 11.0 Å². The van der Waals surface area contributed by atoms with Crippen molar-refractivity contribution in [2.45, 2.75) is 6.10 Å².